The average Bonchev–Trinajstić information content (AvgIpc) is 2.50. The lowest BCUT2D eigenvalue weighted by Crippen LogP contribution is -2.43. The highest BCUT2D eigenvalue weighted by Gasteiger charge is 2.46. The Labute approximate surface area is 136 Å². The van der Waals surface area contributed by atoms with E-state index in [2.05, 4.69) is 0 Å². The number of ether oxygens (including phenoxy) is 2. The summed E-state index contributed by atoms with van der Waals surface area (Å²) in [7, 11) is 3.27. The molecule has 2 rings (SSSR count). The van der Waals surface area contributed by atoms with E-state index >= 15 is 0 Å². The summed E-state index contributed by atoms with van der Waals surface area (Å²) in [4.78, 5) is 25.0. The van der Waals surface area contributed by atoms with Crippen molar-refractivity contribution in [3.8, 4) is 11.5 Å². The van der Waals surface area contributed by atoms with E-state index in [1.807, 2.05) is 0 Å². The number of benzene rings is 1. The number of carbonyl (C=O) groups is 2. The number of aliphatic carboxylic acids is 1. The summed E-state index contributed by atoms with van der Waals surface area (Å²) in [5.74, 6) is 0.446. The number of hydrogen-bond donors (Lipinski definition) is 1. The summed E-state index contributed by atoms with van der Waals surface area (Å²) < 4.78 is 10.6. The lowest BCUT2D eigenvalue weighted by Gasteiger charge is -2.37. The maximum atomic E-state index is 12.2. The summed E-state index contributed by atoms with van der Waals surface area (Å²) in [6, 6.07) is 7.21. The molecule has 1 fully saturated rings. The first-order valence-electron chi connectivity index (χ1n) is 7.71. The molecule has 0 aliphatic heterocycles. The Bertz CT molecular complexity index is 551. The van der Waals surface area contributed by atoms with Gasteiger partial charge in [0.05, 0.1) is 19.1 Å². The number of likely N-dealkylation sites (N-methyl/N-ethyl adjacent to an activating group) is 1. The number of amides is 1. The van der Waals surface area contributed by atoms with Gasteiger partial charge in [0.2, 0.25) is 5.91 Å². The van der Waals surface area contributed by atoms with Gasteiger partial charge in [-0.25, -0.2) is 0 Å². The molecule has 1 aromatic carbocycles. The molecule has 1 aliphatic carbocycles. The minimum Gasteiger partial charge on any atom is -0.497 e. The minimum atomic E-state index is -0.861. The molecule has 0 spiro atoms. The molecule has 126 valence electrons. The molecular formula is C17H23NO5. The summed E-state index contributed by atoms with van der Waals surface area (Å²) in [6.45, 7) is 0.773. The van der Waals surface area contributed by atoms with Crippen LogP contribution in [-0.4, -0.2) is 49.2 Å². The van der Waals surface area contributed by atoms with E-state index in [4.69, 9.17) is 9.47 Å². The molecule has 1 saturated carbocycles. The van der Waals surface area contributed by atoms with E-state index in [0.29, 0.717) is 31.7 Å². The van der Waals surface area contributed by atoms with Crippen LogP contribution in [0.2, 0.25) is 0 Å². The van der Waals surface area contributed by atoms with Gasteiger partial charge in [0.25, 0.3) is 0 Å². The minimum absolute atomic E-state index is 0.0708. The Morgan fingerprint density at radius 1 is 1.22 bits per heavy atom. The fourth-order valence-electron chi connectivity index (χ4n) is 2.59. The Balaban J connectivity index is 1.76. The number of hydrogen-bond acceptors (Lipinski definition) is 4. The van der Waals surface area contributed by atoms with Crippen LogP contribution in [0.3, 0.4) is 0 Å². The highest BCUT2D eigenvalue weighted by Crippen LogP contribution is 2.44. The van der Waals surface area contributed by atoms with Crippen LogP contribution in [0, 0.1) is 5.41 Å². The normalized spacial score (nSPS) is 15.4. The monoisotopic (exact) mass is 321 g/mol. The Hall–Kier alpha value is -2.24. The molecule has 1 aliphatic rings. The van der Waals surface area contributed by atoms with E-state index in [9.17, 15) is 14.7 Å². The van der Waals surface area contributed by atoms with E-state index in [-0.39, 0.29) is 12.3 Å². The number of carboxylic acids is 1. The predicted molar refractivity (Wildman–Crippen MR) is 84.7 cm³/mol. The van der Waals surface area contributed by atoms with Crippen molar-refractivity contribution in [1.82, 2.24) is 4.90 Å². The van der Waals surface area contributed by atoms with E-state index in [1.54, 1.807) is 38.4 Å². The second-order valence-corrected chi connectivity index (χ2v) is 5.96. The lowest BCUT2D eigenvalue weighted by atomic mass is 9.66. The molecule has 0 aromatic heterocycles. The summed E-state index contributed by atoms with van der Waals surface area (Å²) in [6.07, 6.45) is 2.12. The number of methoxy groups -OCH3 is 1. The van der Waals surface area contributed by atoms with Crippen molar-refractivity contribution in [1.29, 1.82) is 0 Å². The molecule has 0 heterocycles. The molecule has 0 atom stereocenters. The van der Waals surface area contributed by atoms with Gasteiger partial charge in [-0.15, -0.1) is 0 Å². The van der Waals surface area contributed by atoms with Crippen LogP contribution in [0.1, 0.15) is 25.7 Å². The van der Waals surface area contributed by atoms with Crippen LogP contribution >= 0.6 is 0 Å². The summed E-state index contributed by atoms with van der Waals surface area (Å²) >= 11 is 0. The molecule has 6 nitrogen and oxygen atoms in total. The zero-order valence-corrected chi connectivity index (χ0v) is 13.6. The van der Waals surface area contributed by atoms with Crippen LogP contribution in [0.5, 0.6) is 11.5 Å². The molecule has 0 bridgehead atoms. The SMILES string of the molecule is COc1ccc(OCCN(C)C(=O)CC2(C(=O)O)CCC2)cc1. The standard InChI is InChI=1S/C17H23NO5/c1-18(15(19)12-17(16(20)21)8-3-9-17)10-11-23-14-6-4-13(22-2)5-7-14/h4-7H,3,8-12H2,1-2H3,(H,20,21). The zero-order chi connectivity index (χ0) is 16.9. The third-order valence-electron chi connectivity index (χ3n) is 4.43. The molecule has 0 saturated heterocycles. The van der Waals surface area contributed by atoms with Gasteiger partial charge in [-0.1, -0.05) is 6.42 Å². The van der Waals surface area contributed by atoms with Gasteiger partial charge in [0.15, 0.2) is 0 Å². The van der Waals surface area contributed by atoms with Crippen LogP contribution in [0.4, 0.5) is 0 Å². The number of carboxylic acid groups (broad SMARTS) is 1. The first kappa shape index (κ1) is 17.1. The third kappa shape index (κ3) is 4.15. The van der Waals surface area contributed by atoms with Crippen molar-refractivity contribution >= 4 is 11.9 Å². The lowest BCUT2D eigenvalue weighted by molar-refractivity contribution is -0.159. The Morgan fingerprint density at radius 2 is 1.83 bits per heavy atom. The van der Waals surface area contributed by atoms with Gasteiger partial charge in [0.1, 0.15) is 18.1 Å². The van der Waals surface area contributed by atoms with Crippen molar-refractivity contribution in [3.63, 3.8) is 0 Å². The Kier molecular flexibility index (Phi) is 5.47. The first-order chi connectivity index (χ1) is 11.0. The summed E-state index contributed by atoms with van der Waals surface area (Å²) in [5.41, 5.74) is -0.845. The van der Waals surface area contributed by atoms with Crippen molar-refractivity contribution in [2.45, 2.75) is 25.7 Å². The first-order valence-corrected chi connectivity index (χ1v) is 7.71. The van der Waals surface area contributed by atoms with Crippen molar-refractivity contribution in [2.75, 3.05) is 27.3 Å². The fraction of sp³-hybridized carbons (Fsp3) is 0.529. The highest BCUT2D eigenvalue weighted by molar-refractivity contribution is 5.85. The fourth-order valence-corrected chi connectivity index (χ4v) is 2.59. The second-order valence-electron chi connectivity index (χ2n) is 5.96. The van der Waals surface area contributed by atoms with Crippen LogP contribution < -0.4 is 9.47 Å². The molecule has 0 radical (unpaired) electrons. The van der Waals surface area contributed by atoms with Gasteiger partial charge >= 0.3 is 5.97 Å². The van der Waals surface area contributed by atoms with Crippen molar-refractivity contribution in [2.24, 2.45) is 5.41 Å². The molecule has 6 heteroatoms. The largest absolute Gasteiger partial charge is 0.497 e. The van der Waals surface area contributed by atoms with Crippen LogP contribution in [0.15, 0.2) is 24.3 Å². The second kappa shape index (κ2) is 7.35. The summed E-state index contributed by atoms with van der Waals surface area (Å²) in [5, 5.41) is 9.28. The third-order valence-corrected chi connectivity index (χ3v) is 4.43. The Morgan fingerprint density at radius 3 is 2.30 bits per heavy atom. The number of carbonyl (C=O) groups excluding carboxylic acids is 1. The number of nitrogens with zero attached hydrogens (tertiary/aromatic N) is 1. The molecule has 1 aromatic rings. The smallest absolute Gasteiger partial charge is 0.310 e. The van der Waals surface area contributed by atoms with Gasteiger partial charge < -0.3 is 19.5 Å². The van der Waals surface area contributed by atoms with Gasteiger partial charge in [-0.3, -0.25) is 9.59 Å². The topological polar surface area (TPSA) is 76.1 Å². The van der Waals surface area contributed by atoms with E-state index in [1.165, 1.54) is 4.90 Å². The zero-order valence-electron chi connectivity index (χ0n) is 13.6. The van der Waals surface area contributed by atoms with Crippen molar-refractivity contribution in [3.05, 3.63) is 24.3 Å². The quantitative estimate of drug-likeness (QED) is 0.794. The van der Waals surface area contributed by atoms with Crippen molar-refractivity contribution < 1.29 is 24.2 Å². The predicted octanol–water partition coefficient (Wildman–Crippen LogP) is 2.18. The van der Waals surface area contributed by atoms with E-state index in [0.717, 1.165) is 12.2 Å². The molecular weight excluding hydrogens is 298 g/mol. The molecule has 23 heavy (non-hydrogen) atoms. The van der Waals surface area contributed by atoms with Crippen LogP contribution in [-0.2, 0) is 9.59 Å². The average molecular weight is 321 g/mol. The van der Waals surface area contributed by atoms with Gasteiger partial charge in [0, 0.05) is 13.5 Å². The maximum absolute atomic E-state index is 12.2. The van der Waals surface area contributed by atoms with Gasteiger partial charge in [-0.2, -0.15) is 0 Å². The molecule has 0 unspecified atom stereocenters. The van der Waals surface area contributed by atoms with Crippen LogP contribution in [0.25, 0.3) is 0 Å². The maximum Gasteiger partial charge on any atom is 0.310 e. The number of rotatable bonds is 8. The highest BCUT2D eigenvalue weighted by atomic mass is 16.5. The molecule has 1 N–H and O–H groups in total. The van der Waals surface area contributed by atoms with Gasteiger partial charge in [-0.05, 0) is 37.1 Å². The molecule has 1 amide bonds. The van der Waals surface area contributed by atoms with E-state index < -0.39 is 11.4 Å².